The number of benzene rings is 2. The molecule has 11 nitrogen and oxygen atoms in total. The molecular formula is C45H53F2N5O6. The summed E-state index contributed by atoms with van der Waals surface area (Å²) in [4.78, 5) is 45.6. The number of halogens is 2. The van der Waals surface area contributed by atoms with Gasteiger partial charge in [0.05, 0.1) is 24.1 Å². The van der Waals surface area contributed by atoms with Gasteiger partial charge in [-0.25, -0.2) is 13.8 Å². The summed E-state index contributed by atoms with van der Waals surface area (Å²) in [6.07, 6.45) is 3.50. The van der Waals surface area contributed by atoms with Crippen molar-refractivity contribution in [3.8, 4) is 28.1 Å². The van der Waals surface area contributed by atoms with Crippen molar-refractivity contribution in [1.82, 2.24) is 19.9 Å². The molecule has 13 heteroatoms. The van der Waals surface area contributed by atoms with Crippen LogP contribution in [0.15, 0.2) is 59.8 Å². The standard InChI is InChI=1S/C45H53F2N5O6/c1-7-51-37-16-13-28-23-33(37)34(41(51)32-11-10-17-49-40(32)26(2)57-6)24-44(3,4)25-58-38(54)12-8-9-18-52(48-5)43(56)36(21-27-19-29(28)22-30(53)20-27)50-42(55)31-14-15-35-39(31)45(35,46)47/h10-11,13,16-17,19-20,22-23,26,31,35-36,39,53H,5,7-9,12,14-15,18,21,24-25H2,1-4,6H3,(H,50,55)/t26-,31?,35?,36-,39?/m0/s1. The summed E-state index contributed by atoms with van der Waals surface area (Å²) < 4.78 is 42.7. The summed E-state index contributed by atoms with van der Waals surface area (Å²) in [5, 5.41) is 20.0. The number of ether oxygens (including phenoxy) is 2. The molecule has 2 fully saturated rings. The average Bonchev–Trinajstić information content (AvgIpc) is 3.49. The number of rotatable bonds is 7. The molecule has 5 atom stereocenters. The number of methoxy groups -OCH3 is 1. The van der Waals surface area contributed by atoms with Gasteiger partial charge in [-0.05, 0) is 105 Å². The molecule has 0 spiro atoms. The van der Waals surface area contributed by atoms with Crippen LogP contribution in [0.3, 0.4) is 0 Å². The van der Waals surface area contributed by atoms with Gasteiger partial charge in [-0.2, -0.15) is 5.10 Å². The van der Waals surface area contributed by atoms with E-state index in [1.54, 1.807) is 25.4 Å². The number of cyclic esters (lactones) is 1. The first-order chi connectivity index (χ1) is 27.7. The zero-order valence-electron chi connectivity index (χ0n) is 33.9. The molecule has 58 heavy (non-hydrogen) atoms. The normalized spacial score (nSPS) is 23.9. The number of carbonyl (C=O) groups is 3. The lowest BCUT2D eigenvalue weighted by atomic mass is 9.84. The molecule has 2 aromatic carbocycles. The molecule has 4 bridgehead atoms. The molecule has 2 N–H and O–H groups in total. The van der Waals surface area contributed by atoms with Crippen molar-refractivity contribution in [3.63, 3.8) is 0 Å². The number of hydrogen-bond donors (Lipinski definition) is 2. The van der Waals surface area contributed by atoms with Crippen LogP contribution >= 0.6 is 0 Å². The van der Waals surface area contributed by atoms with Gasteiger partial charge in [0.15, 0.2) is 0 Å². The molecule has 4 aromatic rings. The second kappa shape index (κ2) is 16.2. The van der Waals surface area contributed by atoms with Crippen LogP contribution in [0.1, 0.15) is 82.7 Å². The average molecular weight is 798 g/mol. The molecule has 7 rings (SSSR count). The highest BCUT2D eigenvalue weighted by Crippen LogP contribution is 2.66. The van der Waals surface area contributed by atoms with Crippen molar-refractivity contribution in [2.24, 2.45) is 28.3 Å². The fourth-order valence-electron chi connectivity index (χ4n) is 9.15. The Hall–Kier alpha value is -5.17. The second-order valence-electron chi connectivity index (χ2n) is 16.8. The number of alkyl halides is 2. The van der Waals surface area contributed by atoms with E-state index in [0.29, 0.717) is 43.4 Å². The maximum atomic E-state index is 14.4. The summed E-state index contributed by atoms with van der Waals surface area (Å²) in [7, 11) is 1.66. The van der Waals surface area contributed by atoms with Crippen LogP contribution in [0, 0.1) is 23.2 Å². The van der Waals surface area contributed by atoms with Crippen molar-refractivity contribution < 1.29 is 37.7 Å². The molecule has 2 saturated carbocycles. The van der Waals surface area contributed by atoms with Gasteiger partial charge in [-0.15, -0.1) is 0 Å². The van der Waals surface area contributed by atoms with E-state index in [1.807, 2.05) is 25.1 Å². The van der Waals surface area contributed by atoms with E-state index in [-0.39, 0.29) is 50.2 Å². The topological polar surface area (TPSA) is 135 Å². The maximum absolute atomic E-state index is 14.4. The molecule has 3 aliphatic rings. The number of phenolic OH excluding ortho intramolecular Hbond substituents is 1. The molecule has 0 radical (unpaired) electrons. The summed E-state index contributed by atoms with van der Waals surface area (Å²) in [6.45, 7) is 12.7. The largest absolute Gasteiger partial charge is 0.508 e. The van der Waals surface area contributed by atoms with E-state index < -0.39 is 46.9 Å². The Kier molecular flexibility index (Phi) is 11.5. The molecule has 3 heterocycles. The number of fused-ring (bicyclic) bond motifs is 5. The molecule has 308 valence electrons. The van der Waals surface area contributed by atoms with E-state index >= 15 is 0 Å². The Bertz CT molecular complexity index is 2240. The van der Waals surface area contributed by atoms with Gasteiger partial charge in [-0.3, -0.25) is 19.4 Å². The number of aryl methyl sites for hydroxylation is 1. The Morgan fingerprint density at radius 3 is 2.64 bits per heavy atom. The zero-order chi connectivity index (χ0) is 41.5. The number of esters is 1. The molecule has 3 unspecified atom stereocenters. The number of hydrazone groups is 1. The second-order valence-corrected chi connectivity index (χ2v) is 16.8. The van der Waals surface area contributed by atoms with Crippen molar-refractivity contribution in [1.29, 1.82) is 0 Å². The first-order valence-electron chi connectivity index (χ1n) is 20.3. The van der Waals surface area contributed by atoms with Crippen LogP contribution in [0.2, 0.25) is 0 Å². The van der Waals surface area contributed by atoms with Crippen LogP contribution in [0.25, 0.3) is 33.3 Å². The minimum absolute atomic E-state index is 0.0363. The molecular weight excluding hydrogens is 745 g/mol. The Morgan fingerprint density at radius 2 is 1.93 bits per heavy atom. The summed E-state index contributed by atoms with van der Waals surface area (Å²) in [5.74, 6) is -7.18. The Balaban J connectivity index is 1.34. The van der Waals surface area contributed by atoms with Crippen LogP contribution in [0.4, 0.5) is 8.78 Å². The van der Waals surface area contributed by atoms with Crippen LogP contribution in [-0.2, 0) is 43.2 Å². The first-order valence-corrected chi connectivity index (χ1v) is 20.3. The number of aromatic hydroxyl groups is 1. The third-order valence-corrected chi connectivity index (χ3v) is 12.2. The smallest absolute Gasteiger partial charge is 0.305 e. The quantitative estimate of drug-likeness (QED) is 0.144. The van der Waals surface area contributed by atoms with Gasteiger partial charge in [0.1, 0.15) is 11.8 Å². The lowest BCUT2D eigenvalue weighted by Gasteiger charge is -2.26. The highest BCUT2D eigenvalue weighted by atomic mass is 19.3. The molecule has 2 aliphatic carbocycles. The zero-order valence-corrected chi connectivity index (χ0v) is 33.9. The minimum atomic E-state index is -2.88. The van der Waals surface area contributed by atoms with Crippen molar-refractivity contribution in [2.45, 2.75) is 97.3 Å². The number of phenols is 1. The highest BCUT2D eigenvalue weighted by Gasteiger charge is 2.74. The predicted molar refractivity (Wildman–Crippen MR) is 217 cm³/mol. The fraction of sp³-hybridized carbons (Fsp3) is 0.489. The third-order valence-electron chi connectivity index (χ3n) is 12.2. The van der Waals surface area contributed by atoms with E-state index in [9.17, 15) is 28.3 Å². The minimum Gasteiger partial charge on any atom is -0.508 e. The highest BCUT2D eigenvalue weighted by molar-refractivity contribution is 5.95. The monoisotopic (exact) mass is 797 g/mol. The molecule has 2 aromatic heterocycles. The number of nitrogens with zero attached hydrogens (tertiary/aromatic N) is 4. The number of hydrogen-bond acceptors (Lipinski definition) is 8. The third kappa shape index (κ3) is 7.97. The van der Waals surface area contributed by atoms with Gasteiger partial charge in [-0.1, -0.05) is 26.0 Å². The molecule has 1 aliphatic heterocycles. The van der Waals surface area contributed by atoms with Gasteiger partial charge < -0.3 is 24.5 Å². The molecule has 0 saturated heterocycles. The van der Waals surface area contributed by atoms with Crippen LogP contribution in [0.5, 0.6) is 5.75 Å². The lowest BCUT2D eigenvalue weighted by Crippen LogP contribution is -2.50. The van der Waals surface area contributed by atoms with E-state index in [4.69, 9.17) is 14.5 Å². The fourth-order valence-corrected chi connectivity index (χ4v) is 9.15. The Labute approximate surface area is 337 Å². The number of nitrogens with one attached hydrogen (secondary N) is 1. The van der Waals surface area contributed by atoms with Gasteiger partial charge in [0.2, 0.25) is 5.91 Å². The predicted octanol–water partition coefficient (Wildman–Crippen LogP) is 7.86. The van der Waals surface area contributed by atoms with Crippen LogP contribution in [-0.4, -0.2) is 76.4 Å². The number of carbonyl (C=O) groups excluding carboxylic acids is 3. The number of aromatic nitrogens is 2. The van der Waals surface area contributed by atoms with Crippen LogP contribution < -0.4 is 5.32 Å². The summed E-state index contributed by atoms with van der Waals surface area (Å²) in [6, 6.07) is 14.0. The van der Waals surface area contributed by atoms with Gasteiger partial charge in [0.25, 0.3) is 11.8 Å². The SMILES string of the molecule is C=NN1CCCCC(=O)OCC(C)(C)Cc2c(-c3cccnc3[C@H](C)OC)n(CC)c3ccc(cc23)-c2cc(O)cc(c2)C[C@H](NC(=O)C2CCC3C2C3(F)F)C1=O. The van der Waals surface area contributed by atoms with E-state index in [2.05, 4.69) is 60.7 Å². The lowest BCUT2D eigenvalue weighted by molar-refractivity contribution is -0.146. The number of amides is 2. The maximum Gasteiger partial charge on any atom is 0.305 e. The van der Waals surface area contributed by atoms with E-state index in [0.717, 1.165) is 44.0 Å². The van der Waals surface area contributed by atoms with Crippen molar-refractivity contribution >= 4 is 35.4 Å². The Morgan fingerprint density at radius 1 is 1.14 bits per heavy atom. The molecule has 2 amide bonds. The van der Waals surface area contributed by atoms with E-state index in [1.165, 1.54) is 0 Å². The van der Waals surface area contributed by atoms with Crippen molar-refractivity contribution in [2.75, 3.05) is 20.3 Å². The number of pyridine rings is 1. The van der Waals surface area contributed by atoms with Gasteiger partial charge in [0, 0.05) is 85.6 Å². The van der Waals surface area contributed by atoms with Crippen molar-refractivity contribution in [3.05, 3.63) is 71.5 Å². The summed E-state index contributed by atoms with van der Waals surface area (Å²) >= 11 is 0. The van der Waals surface area contributed by atoms with Gasteiger partial charge >= 0.3 is 5.97 Å². The first kappa shape index (κ1) is 41.0. The summed E-state index contributed by atoms with van der Waals surface area (Å²) in [5.41, 5.74) is 6.33.